The molecule has 1 rings (SSSR count). The van der Waals surface area contributed by atoms with Crippen molar-refractivity contribution in [1.29, 1.82) is 0 Å². The maximum atomic E-state index is 5.39. The van der Waals surface area contributed by atoms with E-state index in [0.29, 0.717) is 5.92 Å². The van der Waals surface area contributed by atoms with E-state index in [2.05, 4.69) is 32.3 Å². The van der Waals surface area contributed by atoms with E-state index in [4.69, 9.17) is 4.74 Å². The molecule has 0 aromatic rings. The van der Waals surface area contributed by atoms with Crippen LogP contribution in [0.5, 0.6) is 0 Å². The van der Waals surface area contributed by atoms with E-state index >= 15 is 0 Å². The molecule has 0 aromatic carbocycles. The summed E-state index contributed by atoms with van der Waals surface area (Å²) >= 11 is 0. The molecule has 0 saturated heterocycles. The van der Waals surface area contributed by atoms with Gasteiger partial charge < -0.3 is 4.74 Å². The second-order valence-electron chi connectivity index (χ2n) is 4.52. The first kappa shape index (κ1) is 12.0. The minimum atomic E-state index is -0.171. The Bertz CT molecular complexity index is 302. The third kappa shape index (κ3) is 2.71. The van der Waals surface area contributed by atoms with E-state index in [0.717, 1.165) is 18.8 Å². The summed E-state index contributed by atoms with van der Waals surface area (Å²) in [6.07, 6.45) is 4.84. The van der Waals surface area contributed by atoms with Crippen LogP contribution in [0.4, 0.5) is 0 Å². The molecule has 0 bridgehead atoms. The molecule has 2 heteroatoms. The van der Waals surface area contributed by atoms with Gasteiger partial charge in [-0.1, -0.05) is 19.9 Å². The average Bonchev–Trinajstić information content (AvgIpc) is 2.60. The fourth-order valence-electron chi connectivity index (χ4n) is 1.39. The van der Waals surface area contributed by atoms with Crippen molar-refractivity contribution in [2.45, 2.75) is 39.7 Å². The average molecular weight is 207 g/mol. The van der Waals surface area contributed by atoms with Crippen molar-refractivity contribution in [3.63, 3.8) is 0 Å². The first-order valence-corrected chi connectivity index (χ1v) is 5.51. The van der Waals surface area contributed by atoms with Gasteiger partial charge in [0.1, 0.15) is 0 Å². The summed E-state index contributed by atoms with van der Waals surface area (Å²) in [5.74, 6) is 1.46. The Balaban J connectivity index is 2.79. The first-order chi connectivity index (χ1) is 6.99. The standard InChI is InChI=1S/C13H21NO/c1-6-13(5,10(2)3)14-9-12-7-8-15-11(12)4/h6,9-10H,1,7-8H2,2-5H3/b14-9-. The molecule has 15 heavy (non-hydrogen) atoms. The number of aliphatic imine (C=N–C) groups is 1. The lowest BCUT2D eigenvalue weighted by Gasteiger charge is -2.25. The van der Waals surface area contributed by atoms with Gasteiger partial charge >= 0.3 is 0 Å². The topological polar surface area (TPSA) is 21.6 Å². The molecule has 0 aliphatic carbocycles. The monoisotopic (exact) mass is 207 g/mol. The Morgan fingerprint density at radius 3 is 2.60 bits per heavy atom. The molecular weight excluding hydrogens is 186 g/mol. The van der Waals surface area contributed by atoms with Crippen LogP contribution in [0.25, 0.3) is 0 Å². The summed E-state index contributed by atoms with van der Waals surface area (Å²) in [5, 5.41) is 0. The zero-order valence-corrected chi connectivity index (χ0v) is 10.2. The smallest absolute Gasteiger partial charge is 0.0977 e. The molecule has 0 N–H and O–H groups in total. The number of allylic oxidation sites excluding steroid dienone is 1. The van der Waals surface area contributed by atoms with Crippen LogP contribution >= 0.6 is 0 Å². The molecule has 1 unspecified atom stereocenters. The Labute approximate surface area is 92.7 Å². The van der Waals surface area contributed by atoms with Crippen LogP contribution in [0.2, 0.25) is 0 Å². The van der Waals surface area contributed by atoms with Crippen LogP contribution in [0.1, 0.15) is 34.1 Å². The molecule has 0 spiro atoms. The van der Waals surface area contributed by atoms with Crippen LogP contribution in [0, 0.1) is 5.92 Å². The third-order valence-electron chi connectivity index (χ3n) is 3.22. The Hall–Kier alpha value is -1.05. The quantitative estimate of drug-likeness (QED) is 0.511. The van der Waals surface area contributed by atoms with Gasteiger partial charge in [-0.3, -0.25) is 4.99 Å². The molecule has 2 nitrogen and oxygen atoms in total. The number of ether oxygens (including phenoxy) is 1. The molecular formula is C13H21NO. The summed E-state index contributed by atoms with van der Waals surface area (Å²) in [7, 11) is 0. The zero-order chi connectivity index (χ0) is 11.5. The molecule has 1 aliphatic heterocycles. The fraction of sp³-hybridized carbons (Fsp3) is 0.615. The maximum absolute atomic E-state index is 5.39. The van der Waals surface area contributed by atoms with Crippen LogP contribution in [-0.4, -0.2) is 18.4 Å². The lowest BCUT2D eigenvalue weighted by molar-refractivity contribution is 0.246. The number of hydrogen-bond donors (Lipinski definition) is 0. The molecule has 0 aromatic heterocycles. The van der Waals surface area contributed by atoms with Gasteiger partial charge in [0.15, 0.2) is 0 Å². The van der Waals surface area contributed by atoms with Gasteiger partial charge in [-0.15, -0.1) is 6.58 Å². The Kier molecular flexibility index (Phi) is 3.72. The summed E-state index contributed by atoms with van der Waals surface area (Å²) in [4.78, 5) is 4.63. The highest BCUT2D eigenvalue weighted by Gasteiger charge is 2.23. The Morgan fingerprint density at radius 1 is 1.53 bits per heavy atom. The van der Waals surface area contributed by atoms with Gasteiger partial charge in [0.05, 0.1) is 17.9 Å². The van der Waals surface area contributed by atoms with Gasteiger partial charge in [0.2, 0.25) is 0 Å². The summed E-state index contributed by atoms with van der Waals surface area (Å²) < 4.78 is 5.39. The lowest BCUT2D eigenvalue weighted by Crippen LogP contribution is -2.26. The summed E-state index contributed by atoms with van der Waals surface area (Å²) in [5.41, 5.74) is 1.04. The van der Waals surface area contributed by atoms with E-state index in [1.807, 2.05) is 19.2 Å². The second-order valence-corrected chi connectivity index (χ2v) is 4.52. The number of rotatable bonds is 4. The molecule has 0 amide bonds. The van der Waals surface area contributed by atoms with Crippen molar-refractivity contribution in [3.8, 4) is 0 Å². The van der Waals surface area contributed by atoms with Gasteiger partial charge in [-0.05, 0) is 19.8 Å². The Morgan fingerprint density at radius 2 is 2.20 bits per heavy atom. The van der Waals surface area contributed by atoms with E-state index in [-0.39, 0.29) is 5.54 Å². The molecule has 0 radical (unpaired) electrons. The van der Waals surface area contributed by atoms with Gasteiger partial charge in [0, 0.05) is 18.2 Å². The highest BCUT2D eigenvalue weighted by Crippen LogP contribution is 2.24. The minimum absolute atomic E-state index is 0.171. The van der Waals surface area contributed by atoms with Gasteiger partial charge in [-0.2, -0.15) is 0 Å². The van der Waals surface area contributed by atoms with Crippen LogP contribution < -0.4 is 0 Å². The minimum Gasteiger partial charge on any atom is -0.498 e. The normalized spacial score (nSPS) is 20.9. The predicted molar refractivity (Wildman–Crippen MR) is 65.2 cm³/mol. The van der Waals surface area contributed by atoms with Gasteiger partial charge in [0.25, 0.3) is 0 Å². The highest BCUT2D eigenvalue weighted by molar-refractivity contribution is 5.80. The lowest BCUT2D eigenvalue weighted by atomic mass is 9.89. The van der Waals surface area contributed by atoms with Crippen LogP contribution in [-0.2, 0) is 4.74 Å². The first-order valence-electron chi connectivity index (χ1n) is 5.51. The maximum Gasteiger partial charge on any atom is 0.0977 e. The SMILES string of the molecule is C=CC(C)(/N=C\C1=C(C)OCC1)C(C)C. The second kappa shape index (κ2) is 4.65. The van der Waals surface area contributed by atoms with Crippen molar-refractivity contribution in [2.75, 3.05) is 6.61 Å². The molecule has 1 heterocycles. The molecule has 1 atom stereocenters. The number of hydrogen-bond acceptors (Lipinski definition) is 2. The van der Waals surface area contributed by atoms with Crippen molar-refractivity contribution < 1.29 is 4.74 Å². The van der Waals surface area contributed by atoms with E-state index in [1.165, 1.54) is 5.57 Å². The number of nitrogens with zero attached hydrogens (tertiary/aromatic N) is 1. The van der Waals surface area contributed by atoms with E-state index < -0.39 is 0 Å². The fourth-order valence-corrected chi connectivity index (χ4v) is 1.39. The molecule has 0 fully saturated rings. The van der Waals surface area contributed by atoms with E-state index in [9.17, 15) is 0 Å². The summed E-state index contributed by atoms with van der Waals surface area (Å²) in [6, 6.07) is 0. The summed E-state index contributed by atoms with van der Waals surface area (Å²) in [6.45, 7) is 13.1. The van der Waals surface area contributed by atoms with Crippen LogP contribution in [0.15, 0.2) is 29.0 Å². The van der Waals surface area contributed by atoms with Gasteiger partial charge in [-0.25, -0.2) is 0 Å². The molecule has 1 aliphatic rings. The van der Waals surface area contributed by atoms with Crippen molar-refractivity contribution in [3.05, 3.63) is 24.0 Å². The third-order valence-corrected chi connectivity index (χ3v) is 3.22. The van der Waals surface area contributed by atoms with Crippen LogP contribution in [0.3, 0.4) is 0 Å². The van der Waals surface area contributed by atoms with E-state index in [1.54, 1.807) is 0 Å². The highest BCUT2D eigenvalue weighted by atomic mass is 16.5. The largest absolute Gasteiger partial charge is 0.498 e. The predicted octanol–water partition coefficient (Wildman–Crippen LogP) is 3.35. The molecule has 0 saturated carbocycles. The van der Waals surface area contributed by atoms with Crippen molar-refractivity contribution >= 4 is 6.21 Å². The van der Waals surface area contributed by atoms with Crippen molar-refractivity contribution in [2.24, 2.45) is 10.9 Å². The zero-order valence-electron chi connectivity index (χ0n) is 10.2. The molecule has 84 valence electrons. The van der Waals surface area contributed by atoms with Crippen molar-refractivity contribution in [1.82, 2.24) is 0 Å².